The van der Waals surface area contributed by atoms with Crippen molar-refractivity contribution in [3.05, 3.63) is 52.4 Å². The normalized spacial score (nSPS) is 16.3. The standard InChI is InChI=1S/C16H16BrF3N2O2.2ClH/c17-14-6-5-13(23-14)15(22-9-7-21-8-10-22)11-1-3-12(4-2-11)24-16(18,19)20;;/h1-6,15,21H,7-10H2;2*1H/t15-;;/m0../s1. The van der Waals surface area contributed by atoms with Crippen molar-refractivity contribution in [2.45, 2.75) is 12.4 Å². The Kier molecular flexibility index (Phi) is 8.75. The van der Waals surface area contributed by atoms with Gasteiger partial charge in [-0.1, -0.05) is 12.1 Å². The summed E-state index contributed by atoms with van der Waals surface area (Å²) in [5, 5.41) is 3.29. The summed E-state index contributed by atoms with van der Waals surface area (Å²) in [6, 6.07) is 9.47. The Bertz CT molecular complexity index is 677. The summed E-state index contributed by atoms with van der Waals surface area (Å²) in [6.07, 6.45) is -4.69. The molecule has 2 heterocycles. The summed E-state index contributed by atoms with van der Waals surface area (Å²) in [5.74, 6) is 0.513. The maximum Gasteiger partial charge on any atom is 0.573 e. The zero-order valence-corrected chi connectivity index (χ0v) is 16.7. The molecule has 0 saturated carbocycles. The molecule has 1 aromatic heterocycles. The second-order valence-corrected chi connectivity index (χ2v) is 6.23. The van der Waals surface area contributed by atoms with Gasteiger partial charge in [0.1, 0.15) is 11.5 Å². The number of ether oxygens (including phenoxy) is 1. The van der Waals surface area contributed by atoms with Crippen molar-refractivity contribution in [2.24, 2.45) is 0 Å². The molecule has 0 radical (unpaired) electrons. The zero-order chi connectivity index (χ0) is 17.2. The lowest BCUT2D eigenvalue weighted by molar-refractivity contribution is -0.274. The average Bonchev–Trinajstić information content (AvgIpc) is 2.95. The van der Waals surface area contributed by atoms with E-state index >= 15 is 0 Å². The van der Waals surface area contributed by atoms with E-state index < -0.39 is 6.36 Å². The minimum Gasteiger partial charge on any atom is -0.452 e. The van der Waals surface area contributed by atoms with Gasteiger partial charge in [-0.2, -0.15) is 0 Å². The second-order valence-electron chi connectivity index (χ2n) is 5.45. The number of piperazine rings is 1. The van der Waals surface area contributed by atoms with Crippen LogP contribution in [0.1, 0.15) is 17.4 Å². The lowest BCUT2D eigenvalue weighted by Gasteiger charge is -2.34. The molecule has 146 valence electrons. The van der Waals surface area contributed by atoms with Crippen molar-refractivity contribution in [3.63, 3.8) is 0 Å². The maximum absolute atomic E-state index is 12.3. The Morgan fingerprint density at radius 3 is 2.15 bits per heavy atom. The van der Waals surface area contributed by atoms with E-state index in [1.807, 2.05) is 12.1 Å². The van der Waals surface area contributed by atoms with Gasteiger partial charge in [0.05, 0.1) is 6.04 Å². The molecular weight excluding hydrogens is 460 g/mol. The molecule has 0 aliphatic carbocycles. The van der Waals surface area contributed by atoms with Gasteiger partial charge in [0, 0.05) is 26.2 Å². The summed E-state index contributed by atoms with van der Waals surface area (Å²) in [7, 11) is 0. The van der Waals surface area contributed by atoms with E-state index in [-0.39, 0.29) is 36.6 Å². The van der Waals surface area contributed by atoms with Crippen LogP contribution in [0.5, 0.6) is 5.75 Å². The zero-order valence-electron chi connectivity index (χ0n) is 13.5. The van der Waals surface area contributed by atoms with Gasteiger partial charge < -0.3 is 14.5 Å². The molecule has 0 spiro atoms. The number of hydrogen-bond donors (Lipinski definition) is 1. The van der Waals surface area contributed by atoms with E-state index in [9.17, 15) is 13.2 Å². The van der Waals surface area contributed by atoms with Crippen molar-refractivity contribution in [2.75, 3.05) is 26.2 Å². The van der Waals surface area contributed by atoms with Crippen LogP contribution in [-0.4, -0.2) is 37.4 Å². The summed E-state index contributed by atoms with van der Waals surface area (Å²) < 4.78 is 47.2. The molecule has 0 amide bonds. The van der Waals surface area contributed by atoms with Gasteiger partial charge in [-0.3, -0.25) is 4.90 Å². The van der Waals surface area contributed by atoms with E-state index in [4.69, 9.17) is 4.42 Å². The fourth-order valence-electron chi connectivity index (χ4n) is 2.82. The first-order chi connectivity index (χ1) is 11.4. The summed E-state index contributed by atoms with van der Waals surface area (Å²) in [6.45, 7) is 3.36. The topological polar surface area (TPSA) is 37.6 Å². The van der Waals surface area contributed by atoms with Crippen LogP contribution in [0, 0.1) is 0 Å². The predicted octanol–water partition coefficient (Wildman–Crippen LogP) is 4.78. The Labute approximate surface area is 170 Å². The number of nitrogens with one attached hydrogen (secondary N) is 1. The minimum absolute atomic E-state index is 0. The van der Waals surface area contributed by atoms with Crippen LogP contribution in [0.2, 0.25) is 0 Å². The summed E-state index contributed by atoms with van der Waals surface area (Å²) in [4.78, 5) is 2.24. The van der Waals surface area contributed by atoms with Crippen molar-refractivity contribution >= 4 is 40.7 Å². The molecule has 2 aromatic rings. The Hall–Kier alpha value is -0.930. The van der Waals surface area contributed by atoms with Crippen molar-refractivity contribution < 1.29 is 22.3 Å². The molecule has 1 aliphatic heterocycles. The first-order valence-corrected chi connectivity index (χ1v) is 8.27. The third kappa shape index (κ3) is 6.06. The molecule has 1 aromatic carbocycles. The van der Waals surface area contributed by atoms with Gasteiger partial charge in [0.2, 0.25) is 0 Å². The highest BCUT2D eigenvalue weighted by atomic mass is 79.9. The molecule has 0 unspecified atom stereocenters. The van der Waals surface area contributed by atoms with Gasteiger partial charge in [-0.15, -0.1) is 38.0 Å². The van der Waals surface area contributed by atoms with E-state index in [2.05, 4.69) is 30.9 Å². The third-order valence-corrected chi connectivity index (χ3v) is 4.24. The first kappa shape index (κ1) is 23.1. The molecule has 0 bridgehead atoms. The van der Waals surface area contributed by atoms with E-state index in [0.29, 0.717) is 4.67 Å². The Balaban J connectivity index is 0.00000169. The maximum atomic E-state index is 12.3. The number of benzene rings is 1. The predicted molar refractivity (Wildman–Crippen MR) is 100 cm³/mol. The first-order valence-electron chi connectivity index (χ1n) is 7.48. The molecule has 10 heteroatoms. The van der Waals surface area contributed by atoms with Gasteiger partial charge in [0.15, 0.2) is 4.67 Å². The monoisotopic (exact) mass is 476 g/mol. The molecule has 26 heavy (non-hydrogen) atoms. The number of rotatable bonds is 4. The van der Waals surface area contributed by atoms with Crippen LogP contribution in [0.4, 0.5) is 13.2 Å². The number of alkyl halides is 3. The van der Waals surface area contributed by atoms with Crippen LogP contribution >= 0.6 is 40.7 Å². The van der Waals surface area contributed by atoms with Crippen LogP contribution < -0.4 is 10.1 Å². The van der Waals surface area contributed by atoms with E-state index in [1.54, 1.807) is 12.1 Å². The average molecular weight is 478 g/mol. The lowest BCUT2D eigenvalue weighted by Crippen LogP contribution is -2.45. The van der Waals surface area contributed by atoms with Crippen molar-refractivity contribution in [1.82, 2.24) is 10.2 Å². The molecule has 1 saturated heterocycles. The summed E-state index contributed by atoms with van der Waals surface area (Å²) in [5.41, 5.74) is 0.855. The van der Waals surface area contributed by atoms with Crippen LogP contribution in [0.25, 0.3) is 0 Å². The Morgan fingerprint density at radius 2 is 1.65 bits per heavy atom. The molecular formula is C16H18BrCl2F3N2O2. The molecule has 1 atom stereocenters. The fourth-order valence-corrected chi connectivity index (χ4v) is 3.14. The number of hydrogen-bond acceptors (Lipinski definition) is 4. The highest BCUT2D eigenvalue weighted by molar-refractivity contribution is 9.10. The number of furan rings is 1. The van der Waals surface area contributed by atoms with Crippen LogP contribution in [-0.2, 0) is 0 Å². The van der Waals surface area contributed by atoms with Gasteiger partial charge >= 0.3 is 6.36 Å². The fraction of sp³-hybridized carbons (Fsp3) is 0.375. The van der Waals surface area contributed by atoms with Crippen LogP contribution in [0.15, 0.2) is 45.5 Å². The molecule has 1 N–H and O–H groups in total. The van der Waals surface area contributed by atoms with Gasteiger partial charge in [-0.25, -0.2) is 0 Å². The molecule has 1 aliphatic rings. The Morgan fingerprint density at radius 1 is 1.04 bits per heavy atom. The number of nitrogens with zero attached hydrogens (tertiary/aromatic N) is 1. The van der Waals surface area contributed by atoms with Gasteiger partial charge in [-0.05, 0) is 45.8 Å². The minimum atomic E-state index is -4.69. The number of halogens is 6. The molecule has 3 rings (SSSR count). The largest absolute Gasteiger partial charge is 0.573 e. The molecule has 1 fully saturated rings. The van der Waals surface area contributed by atoms with Gasteiger partial charge in [0.25, 0.3) is 0 Å². The quantitative estimate of drug-likeness (QED) is 0.687. The SMILES string of the molecule is Cl.Cl.FC(F)(F)Oc1ccc([C@@H](c2ccc(Br)o2)N2CCNCC2)cc1. The van der Waals surface area contributed by atoms with Crippen molar-refractivity contribution in [1.29, 1.82) is 0 Å². The molecule has 4 nitrogen and oxygen atoms in total. The smallest absolute Gasteiger partial charge is 0.452 e. The van der Waals surface area contributed by atoms with E-state index in [0.717, 1.165) is 37.5 Å². The lowest BCUT2D eigenvalue weighted by atomic mass is 10.0. The van der Waals surface area contributed by atoms with E-state index in [1.165, 1.54) is 12.1 Å². The van der Waals surface area contributed by atoms with Crippen molar-refractivity contribution in [3.8, 4) is 5.75 Å². The highest BCUT2D eigenvalue weighted by Crippen LogP contribution is 2.33. The third-order valence-electron chi connectivity index (χ3n) is 3.81. The second kappa shape index (κ2) is 9.85. The summed E-state index contributed by atoms with van der Waals surface area (Å²) >= 11 is 3.30. The highest BCUT2D eigenvalue weighted by Gasteiger charge is 2.31. The van der Waals surface area contributed by atoms with Crippen LogP contribution in [0.3, 0.4) is 0 Å².